The van der Waals surface area contributed by atoms with Crippen molar-refractivity contribution in [3.8, 4) is 5.75 Å². The Morgan fingerprint density at radius 1 is 1.02 bits per heavy atom. The highest BCUT2D eigenvalue weighted by atomic mass is 35.5. The number of rotatable bonds is 11. The lowest BCUT2D eigenvalue weighted by atomic mass is 9.73. The van der Waals surface area contributed by atoms with Crippen molar-refractivity contribution in [2.24, 2.45) is 15.4 Å². The number of hydrogen-bond donors (Lipinski definition) is 2. The van der Waals surface area contributed by atoms with E-state index in [1.165, 1.54) is 5.01 Å². The molecule has 3 unspecified atom stereocenters. The number of halogens is 2. The number of carboxylic acids is 1. The predicted molar refractivity (Wildman–Crippen MR) is 201 cm³/mol. The van der Waals surface area contributed by atoms with Gasteiger partial charge >= 0.3 is 5.97 Å². The van der Waals surface area contributed by atoms with Crippen molar-refractivity contribution in [2.75, 3.05) is 59.6 Å². The number of carbonyl (C=O) groups is 3. The van der Waals surface area contributed by atoms with E-state index >= 15 is 0 Å². The number of aliphatic carboxylic acids is 1. The van der Waals surface area contributed by atoms with Crippen molar-refractivity contribution in [3.05, 3.63) is 93.2 Å². The van der Waals surface area contributed by atoms with E-state index in [9.17, 15) is 19.5 Å². The summed E-state index contributed by atoms with van der Waals surface area (Å²) >= 11 is 12.9. The Kier molecular flexibility index (Phi) is 11.3. The first-order valence-corrected chi connectivity index (χ1v) is 18.8. The van der Waals surface area contributed by atoms with Crippen LogP contribution in [0.25, 0.3) is 0 Å². The molecule has 0 bridgehead atoms. The number of aromatic nitrogens is 1. The van der Waals surface area contributed by atoms with Crippen LogP contribution in [0.2, 0.25) is 10.0 Å². The van der Waals surface area contributed by atoms with E-state index < -0.39 is 22.8 Å². The van der Waals surface area contributed by atoms with Crippen LogP contribution in [-0.4, -0.2) is 115 Å². The molecule has 0 spiro atoms. The van der Waals surface area contributed by atoms with Crippen molar-refractivity contribution in [1.82, 2.24) is 25.2 Å². The second kappa shape index (κ2) is 16.1. The maximum Gasteiger partial charge on any atom is 0.325 e. The van der Waals surface area contributed by atoms with Gasteiger partial charge in [-0.1, -0.05) is 41.4 Å². The Hall–Kier alpha value is -4.47. The first-order valence-electron chi connectivity index (χ1n) is 18.0. The summed E-state index contributed by atoms with van der Waals surface area (Å²) in [5.74, 6) is -0.992. The third-order valence-corrected chi connectivity index (χ3v) is 12.0. The molecule has 7 rings (SSSR count). The summed E-state index contributed by atoms with van der Waals surface area (Å²) in [6, 6.07) is 15.4. The van der Waals surface area contributed by atoms with Crippen molar-refractivity contribution >= 4 is 47.2 Å². The first-order chi connectivity index (χ1) is 26.1. The van der Waals surface area contributed by atoms with Gasteiger partial charge in [0.25, 0.3) is 5.91 Å². The topological polar surface area (TPSA) is 162 Å². The number of benzene rings is 2. The Labute approximate surface area is 323 Å². The number of likely N-dealkylation sites (tertiary alicyclic amines) is 2. The van der Waals surface area contributed by atoms with E-state index in [1.54, 1.807) is 37.7 Å². The van der Waals surface area contributed by atoms with Gasteiger partial charge < -0.3 is 24.4 Å². The van der Waals surface area contributed by atoms with E-state index in [4.69, 9.17) is 32.7 Å². The fourth-order valence-corrected chi connectivity index (χ4v) is 8.32. The molecule has 284 valence electrons. The smallest absolute Gasteiger partial charge is 0.325 e. The van der Waals surface area contributed by atoms with E-state index in [0.29, 0.717) is 85.6 Å². The van der Waals surface area contributed by atoms with Crippen LogP contribution in [-0.2, 0) is 25.2 Å². The zero-order valence-corrected chi connectivity index (χ0v) is 31.4. The summed E-state index contributed by atoms with van der Waals surface area (Å²) < 4.78 is 11.0. The van der Waals surface area contributed by atoms with Gasteiger partial charge in [0.2, 0.25) is 5.91 Å². The van der Waals surface area contributed by atoms with E-state index in [0.717, 1.165) is 17.5 Å². The largest absolute Gasteiger partial charge is 0.496 e. The minimum atomic E-state index is -1.06. The van der Waals surface area contributed by atoms with Gasteiger partial charge in [-0.25, -0.2) is 5.01 Å². The molecule has 14 nitrogen and oxygen atoms in total. The highest BCUT2D eigenvalue weighted by Crippen LogP contribution is 2.42. The van der Waals surface area contributed by atoms with Gasteiger partial charge in [0.15, 0.2) is 0 Å². The molecule has 0 radical (unpaired) electrons. The second-order valence-corrected chi connectivity index (χ2v) is 15.0. The number of piperidine rings is 1. The summed E-state index contributed by atoms with van der Waals surface area (Å²) in [4.78, 5) is 49.1. The number of methoxy groups -OCH3 is 1. The number of carbonyl (C=O) groups excluding carboxylic acids is 2. The molecular formula is C38H42Cl2N8O6. The lowest BCUT2D eigenvalue weighted by molar-refractivity contribution is -0.156. The molecule has 3 aromatic rings. The molecule has 4 aliphatic heterocycles. The molecule has 4 aliphatic rings. The molecular weight excluding hydrogens is 735 g/mol. The third kappa shape index (κ3) is 7.58. The van der Waals surface area contributed by atoms with Gasteiger partial charge in [-0.05, 0) is 98.1 Å². The number of amides is 2. The normalized spacial score (nSPS) is 24.1. The summed E-state index contributed by atoms with van der Waals surface area (Å²) in [5.41, 5.74) is 4.47. The van der Waals surface area contributed by atoms with Crippen molar-refractivity contribution in [3.63, 3.8) is 0 Å². The Bertz CT molecular complexity index is 1930. The second-order valence-electron chi connectivity index (χ2n) is 14.2. The zero-order valence-electron chi connectivity index (χ0n) is 29.9. The number of carboxylic acid groups (broad SMARTS) is 1. The van der Waals surface area contributed by atoms with Crippen molar-refractivity contribution < 1.29 is 29.0 Å². The number of nitrogens with zero attached hydrogens (tertiary/aromatic N) is 7. The fraction of sp³-hybridized carbons (Fsp3) is 0.447. The quantitative estimate of drug-likeness (QED) is 0.276. The lowest BCUT2D eigenvalue weighted by Gasteiger charge is -2.43. The molecule has 3 saturated heterocycles. The van der Waals surface area contributed by atoms with Crippen LogP contribution in [0.3, 0.4) is 0 Å². The number of hydrazine groups is 1. The summed E-state index contributed by atoms with van der Waals surface area (Å²) in [6.45, 7) is 3.50. The van der Waals surface area contributed by atoms with E-state index in [2.05, 4.69) is 30.7 Å². The van der Waals surface area contributed by atoms with Crippen LogP contribution in [0.4, 0.5) is 0 Å². The molecule has 16 heteroatoms. The first kappa shape index (κ1) is 37.8. The number of ether oxygens (including phenoxy) is 2. The molecule has 0 aliphatic carbocycles. The number of hydrogen-bond acceptors (Lipinski definition) is 11. The molecule has 3 atom stereocenters. The van der Waals surface area contributed by atoms with Crippen molar-refractivity contribution in [2.45, 2.75) is 48.6 Å². The minimum Gasteiger partial charge on any atom is -0.496 e. The maximum atomic E-state index is 14.2. The monoisotopic (exact) mass is 776 g/mol. The Morgan fingerprint density at radius 3 is 2.56 bits per heavy atom. The lowest BCUT2D eigenvalue weighted by Crippen LogP contribution is -2.62. The molecule has 1 aromatic heterocycles. The predicted octanol–water partition coefficient (Wildman–Crippen LogP) is 4.91. The van der Waals surface area contributed by atoms with Gasteiger partial charge in [0, 0.05) is 31.2 Å². The number of morpholine rings is 1. The van der Waals surface area contributed by atoms with Gasteiger partial charge in [0.05, 0.1) is 53.3 Å². The molecule has 5 heterocycles. The molecule has 3 fully saturated rings. The summed E-state index contributed by atoms with van der Waals surface area (Å²) in [7, 11) is 1.55. The fourth-order valence-electron chi connectivity index (χ4n) is 8.02. The third-order valence-electron chi connectivity index (χ3n) is 11.3. The zero-order chi connectivity index (χ0) is 37.9. The molecule has 2 amide bonds. The maximum absolute atomic E-state index is 14.2. The van der Waals surface area contributed by atoms with Crippen LogP contribution in [0, 0.1) is 0 Å². The summed E-state index contributed by atoms with van der Waals surface area (Å²) in [6.07, 6.45) is 5.73. The van der Waals surface area contributed by atoms with E-state index in [1.807, 2.05) is 41.3 Å². The standard InChI is InChI=1S/C38H42Cl2N8O6/c1-53-32-8-5-25(30-22-42-45-43-30)20-27(32)34(49)47-17-10-37(24-47,26-6-7-28(39)29(40)21-26)9-14-46-15-11-38(12-16-46,33-4-2-3-13-41-33)36(52)44-48-18-19-54-23-31(48)35(50)51/h2-8,13,20-22,30-31H,9-12,14-19,23-24H2,1H3,(H,44,52)(H,50,51). The SMILES string of the molecule is COc1ccc(C2C=NN=N2)cc1C(=O)N1CCC(CCN2CCC(C(=O)NN3CCOCC3C(=O)O)(c3ccccn3)CC2)(c2ccc(Cl)c(Cl)c2)C1. The highest BCUT2D eigenvalue weighted by molar-refractivity contribution is 6.42. The summed E-state index contributed by atoms with van der Waals surface area (Å²) in [5, 5.41) is 23.9. The van der Waals surface area contributed by atoms with Gasteiger partial charge in [-0.3, -0.25) is 24.8 Å². The average molecular weight is 778 g/mol. The average Bonchev–Trinajstić information content (AvgIpc) is 3.90. The molecule has 54 heavy (non-hydrogen) atoms. The van der Waals surface area contributed by atoms with Gasteiger partial charge in [-0.2, -0.15) is 5.11 Å². The minimum absolute atomic E-state index is 0.00785. The molecule has 0 saturated carbocycles. The van der Waals surface area contributed by atoms with E-state index in [-0.39, 0.29) is 31.0 Å². The van der Waals surface area contributed by atoms with Crippen LogP contribution in [0.1, 0.15) is 58.9 Å². The Balaban J connectivity index is 1.09. The van der Waals surface area contributed by atoms with Crippen LogP contribution in [0.15, 0.2) is 76.2 Å². The van der Waals surface area contributed by atoms with Crippen molar-refractivity contribution in [1.29, 1.82) is 0 Å². The molecule has 2 aromatic carbocycles. The number of pyridine rings is 1. The highest BCUT2D eigenvalue weighted by Gasteiger charge is 2.47. The van der Waals surface area contributed by atoms with Crippen LogP contribution in [0.5, 0.6) is 5.75 Å². The van der Waals surface area contributed by atoms with Gasteiger partial charge in [0.1, 0.15) is 17.8 Å². The van der Waals surface area contributed by atoms with Crippen LogP contribution >= 0.6 is 23.2 Å². The van der Waals surface area contributed by atoms with Gasteiger partial charge in [-0.15, -0.1) is 5.10 Å². The van der Waals surface area contributed by atoms with Crippen LogP contribution < -0.4 is 10.2 Å². The molecule has 2 N–H and O–H groups in total. The number of nitrogens with one attached hydrogen (secondary N) is 1. The Morgan fingerprint density at radius 2 is 1.85 bits per heavy atom.